The van der Waals surface area contributed by atoms with Crippen molar-refractivity contribution in [2.75, 3.05) is 13.2 Å². The number of hydrogen-bond acceptors (Lipinski definition) is 5. The van der Waals surface area contributed by atoms with Crippen molar-refractivity contribution in [2.24, 2.45) is 5.10 Å². The molecule has 172 valence electrons. The molecule has 0 unspecified atom stereocenters. The van der Waals surface area contributed by atoms with Crippen LogP contribution < -0.4 is 19.6 Å². The number of halogens is 3. The van der Waals surface area contributed by atoms with Crippen LogP contribution in [0.5, 0.6) is 17.2 Å². The van der Waals surface area contributed by atoms with Gasteiger partial charge in [-0.25, -0.2) is 5.43 Å². The molecule has 0 atom stereocenters. The fourth-order valence-electron chi connectivity index (χ4n) is 2.72. The Hall–Kier alpha value is -2.74. The number of hydrogen-bond donors (Lipinski definition) is 1. The van der Waals surface area contributed by atoms with E-state index in [1.54, 1.807) is 30.3 Å². The zero-order valence-electron chi connectivity index (χ0n) is 17.7. The monoisotopic (exact) mass is 550 g/mol. The number of nitrogens with zero attached hydrogens (tertiary/aromatic N) is 1. The number of hydrazone groups is 1. The average Bonchev–Trinajstić information content (AvgIpc) is 2.79. The molecule has 9 heteroatoms. The summed E-state index contributed by atoms with van der Waals surface area (Å²) < 4.78 is 17.8. The minimum atomic E-state index is -0.398. The molecule has 0 fully saturated rings. The van der Waals surface area contributed by atoms with Crippen molar-refractivity contribution in [3.8, 4) is 17.2 Å². The SMILES string of the molecule is CCOc1cc(/C=N\NC(=O)COc2ccc(Cl)cc2)cc(Br)c1OCc1ccccc1Cl. The van der Waals surface area contributed by atoms with Crippen LogP contribution in [0, 0.1) is 0 Å². The van der Waals surface area contributed by atoms with Crippen LogP contribution in [-0.2, 0) is 11.4 Å². The van der Waals surface area contributed by atoms with Crippen LogP contribution in [0.4, 0.5) is 0 Å². The number of ether oxygens (including phenoxy) is 3. The summed E-state index contributed by atoms with van der Waals surface area (Å²) in [6, 6.07) is 17.8. The summed E-state index contributed by atoms with van der Waals surface area (Å²) in [4.78, 5) is 12.0. The van der Waals surface area contributed by atoms with Gasteiger partial charge in [0.15, 0.2) is 18.1 Å². The van der Waals surface area contributed by atoms with E-state index < -0.39 is 5.91 Å². The molecular formula is C24H21BrCl2N2O4. The lowest BCUT2D eigenvalue weighted by Gasteiger charge is -2.15. The number of carbonyl (C=O) groups excluding carboxylic acids is 1. The first-order valence-electron chi connectivity index (χ1n) is 9.99. The van der Waals surface area contributed by atoms with Crippen molar-refractivity contribution in [3.63, 3.8) is 0 Å². The fraction of sp³-hybridized carbons (Fsp3) is 0.167. The van der Waals surface area contributed by atoms with Crippen LogP contribution in [0.15, 0.2) is 70.2 Å². The van der Waals surface area contributed by atoms with E-state index in [9.17, 15) is 4.79 Å². The molecular weight excluding hydrogens is 531 g/mol. The lowest BCUT2D eigenvalue weighted by atomic mass is 10.2. The number of nitrogens with one attached hydrogen (secondary N) is 1. The Morgan fingerprint density at radius 3 is 2.55 bits per heavy atom. The van der Waals surface area contributed by atoms with Crippen LogP contribution in [-0.4, -0.2) is 25.3 Å². The van der Waals surface area contributed by atoms with Crippen molar-refractivity contribution in [3.05, 3.63) is 86.3 Å². The molecule has 3 aromatic rings. The standard InChI is InChI=1S/C24H21BrCl2N2O4/c1-2-31-22-12-16(11-20(25)24(22)33-14-17-5-3-4-6-21(17)27)13-28-29-23(30)15-32-19-9-7-18(26)8-10-19/h3-13H,2,14-15H2,1H3,(H,29,30)/b28-13-. The van der Waals surface area contributed by atoms with Crippen LogP contribution in [0.25, 0.3) is 0 Å². The third-order valence-electron chi connectivity index (χ3n) is 4.25. The minimum Gasteiger partial charge on any atom is -0.490 e. The second kappa shape index (κ2) is 12.5. The molecule has 33 heavy (non-hydrogen) atoms. The van der Waals surface area contributed by atoms with E-state index in [-0.39, 0.29) is 13.2 Å². The smallest absolute Gasteiger partial charge is 0.277 e. The predicted octanol–water partition coefficient (Wildman–Crippen LogP) is 6.26. The summed E-state index contributed by atoms with van der Waals surface area (Å²) in [6.45, 7) is 2.44. The Bertz CT molecular complexity index is 1120. The van der Waals surface area contributed by atoms with Gasteiger partial charge in [0.1, 0.15) is 12.4 Å². The lowest BCUT2D eigenvalue weighted by Crippen LogP contribution is -2.24. The van der Waals surface area contributed by atoms with Gasteiger partial charge in [0.05, 0.1) is 17.3 Å². The van der Waals surface area contributed by atoms with Gasteiger partial charge < -0.3 is 14.2 Å². The van der Waals surface area contributed by atoms with Crippen molar-refractivity contribution >= 4 is 51.3 Å². The largest absolute Gasteiger partial charge is 0.490 e. The average molecular weight is 552 g/mol. The highest BCUT2D eigenvalue weighted by Crippen LogP contribution is 2.37. The quantitative estimate of drug-likeness (QED) is 0.238. The Kier molecular flexibility index (Phi) is 9.42. The zero-order valence-corrected chi connectivity index (χ0v) is 20.8. The topological polar surface area (TPSA) is 69.2 Å². The van der Waals surface area contributed by atoms with E-state index in [1.807, 2.05) is 37.3 Å². The van der Waals surface area contributed by atoms with Gasteiger partial charge in [0.2, 0.25) is 0 Å². The third kappa shape index (κ3) is 7.67. The molecule has 3 aromatic carbocycles. The van der Waals surface area contributed by atoms with Gasteiger partial charge in [-0.05, 0) is 70.9 Å². The number of carbonyl (C=O) groups is 1. The van der Waals surface area contributed by atoms with Crippen LogP contribution >= 0.6 is 39.1 Å². The van der Waals surface area contributed by atoms with Gasteiger partial charge >= 0.3 is 0 Å². The highest BCUT2D eigenvalue weighted by Gasteiger charge is 2.13. The maximum atomic E-state index is 12.0. The van der Waals surface area contributed by atoms with E-state index in [1.165, 1.54) is 6.21 Å². The molecule has 1 N–H and O–H groups in total. The summed E-state index contributed by atoms with van der Waals surface area (Å²) in [5, 5.41) is 5.21. The molecule has 0 bridgehead atoms. The van der Waals surface area contributed by atoms with Crippen LogP contribution in [0.1, 0.15) is 18.1 Å². The van der Waals surface area contributed by atoms with Gasteiger partial charge in [-0.15, -0.1) is 0 Å². The van der Waals surface area contributed by atoms with Gasteiger partial charge in [0, 0.05) is 15.6 Å². The van der Waals surface area contributed by atoms with Gasteiger partial charge in [-0.3, -0.25) is 4.79 Å². The van der Waals surface area contributed by atoms with Crippen molar-refractivity contribution in [1.82, 2.24) is 5.43 Å². The second-order valence-electron chi connectivity index (χ2n) is 6.68. The number of amides is 1. The molecule has 0 radical (unpaired) electrons. The molecule has 3 rings (SSSR count). The normalized spacial score (nSPS) is 10.8. The van der Waals surface area contributed by atoms with E-state index in [0.29, 0.717) is 43.9 Å². The van der Waals surface area contributed by atoms with Gasteiger partial charge in [-0.1, -0.05) is 41.4 Å². The first kappa shape index (κ1) is 24.9. The lowest BCUT2D eigenvalue weighted by molar-refractivity contribution is -0.123. The van der Waals surface area contributed by atoms with Gasteiger partial charge in [0.25, 0.3) is 5.91 Å². The summed E-state index contributed by atoms with van der Waals surface area (Å²) >= 11 is 15.6. The molecule has 0 saturated heterocycles. The fourth-order valence-corrected chi connectivity index (χ4v) is 3.61. The molecule has 1 amide bonds. The Labute approximate surface area is 210 Å². The molecule has 0 aliphatic carbocycles. The molecule has 0 heterocycles. The molecule has 6 nitrogen and oxygen atoms in total. The van der Waals surface area contributed by atoms with E-state index in [4.69, 9.17) is 37.4 Å². The summed E-state index contributed by atoms with van der Waals surface area (Å²) in [7, 11) is 0. The zero-order chi connectivity index (χ0) is 23.6. The summed E-state index contributed by atoms with van der Waals surface area (Å²) in [5.74, 6) is 1.23. The van der Waals surface area contributed by atoms with Crippen molar-refractivity contribution in [1.29, 1.82) is 0 Å². The van der Waals surface area contributed by atoms with E-state index >= 15 is 0 Å². The summed E-state index contributed by atoms with van der Waals surface area (Å²) in [6.07, 6.45) is 1.51. The Morgan fingerprint density at radius 1 is 1.06 bits per heavy atom. The van der Waals surface area contributed by atoms with Crippen molar-refractivity contribution in [2.45, 2.75) is 13.5 Å². The van der Waals surface area contributed by atoms with Crippen LogP contribution in [0.2, 0.25) is 10.0 Å². The van der Waals surface area contributed by atoms with E-state index in [0.717, 1.165) is 5.56 Å². The third-order valence-corrected chi connectivity index (χ3v) is 5.46. The second-order valence-corrected chi connectivity index (χ2v) is 8.38. The molecule has 0 aliphatic heterocycles. The van der Waals surface area contributed by atoms with Crippen LogP contribution in [0.3, 0.4) is 0 Å². The molecule has 0 saturated carbocycles. The Morgan fingerprint density at radius 2 is 1.82 bits per heavy atom. The maximum Gasteiger partial charge on any atom is 0.277 e. The summed E-state index contributed by atoms with van der Waals surface area (Å²) in [5.41, 5.74) is 4.00. The molecule has 0 spiro atoms. The minimum absolute atomic E-state index is 0.179. The maximum absolute atomic E-state index is 12.0. The first-order chi connectivity index (χ1) is 16.0. The highest BCUT2D eigenvalue weighted by molar-refractivity contribution is 9.10. The molecule has 0 aromatic heterocycles. The Balaban J connectivity index is 1.61. The highest BCUT2D eigenvalue weighted by atomic mass is 79.9. The first-order valence-corrected chi connectivity index (χ1v) is 11.5. The predicted molar refractivity (Wildman–Crippen MR) is 134 cm³/mol. The number of benzene rings is 3. The van der Waals surface area contributed by atoms with Gasteiger partial charge in [-0.2, -0.15) is 5.10 Å². The molecule has 0 aliphatic rings. The van der Waals surface area contributed by atoms with Crippen molar-refractivity contribution < 1.29 is 19.0 Å². The number of rotatable bonds is 10. The van der Waals surface area contributed by atoms with E-state index in [2.05, 4.69) is 26.5 Å².